The molecular formula is C12H27N3O. The molecule has 0 bridgehead atoms. The lowest BCUT2D eigenvalue weighted by molar-refractivity contribution is -0.121. The van der Waals surface area contributed by atoms with E-state index in [0.29, 0.717) is 12.5 Å². The largest absolute Gasteiger partial charge is 0.355 e. The highest BCUT2D eigenvalue weighted by molar-refractivity contribution is 5.75. The van der Waals surface area contributed by atoms with Gasteiger partial charge in [0.2, 0.25) is 5.91 Å². The second-order valence-electron chi connectivity index (χ2n) is 4.52. The molecule has 0 radical (unpaired) electrons. The summed E-state index contributed by atoms with van der Waals surface area (Å²) in [6.45, 7) is 6.67. The Labute approximate surface area is 99.6 Å². The van der Waals surface area contributed by atoms with Crippen molar-refractivity contribution < 1.29 is 4.79 Å². The number of nitrogens with two attached hydrogens (primary N) is 1. The first kappa shape index (κ1) is 15.4. The molecule has 4 nitrogen and oxygen atoms in total. The Kier molecular flexibility index (Phi) is 9.24. The molecule has 0 aromatic heterocycles. The van der Waals surface area contributed by atoms with E-state index in [-0.39, 0.29) is 5.91 Å². The molecule has 0 spiro atoms. The van der Waals surface area contributed by atoms with Crippen LogP contribution in [0.25, 0.3) is 0 Å². The number of likely N-dealkylation sites (N-methyl/N-ethyl adjacent to an activating group) is 1. The lowest BCUT2D eigenvalue weighted by Crippen LogP contribution is -2.36. The van der Waals surface area contributed by atoms with Crippen molar-refractivity contribution in [2.24, 2.45) is 5.73 Å². The van der Waals surface area contributed by atoms with Crippen molar-refractivity contribution in [2.45, 2.75) is 45.6 Å². The minimum Gasteiger partial charge on any atom is -0.355 e. The fourth-order valence-corrected chi connectivity index (χ4v) is 1.32. The minimum absolute atomic E-state index is 0.161. The first-order chi connectivity index (χ1) is 7.57. The first-order valence-electron chi connectivity index (χ1n) is 6.25. The molecule has 16 heavy (non-hydrogen) atoms. The van der Waals surface area contributed by atoms with Gasteiger partial charge in [-0.05, 0) is 40.3 Å². The van der Waals surface area contributed by atoms with Crippen LogP contribution < -0.4 is 11.1 Å². The third kappa shape index (κ3) is 8.68. The highest BCUT2D eigenvalue weighted by Gasteiger charge is 2.04. The summed E-state index contributed by atoms with van der Waals surface area (Å²) in [7, 11) is 2.07. The van der Waals surface area contributed by atoms with E-state index in [0.717, 1.165) is 38.9 Å². The maximum atomic E-state index is 11.4. The molecular weight excluding hydrogens is 202 g/mol. The van der Waals surface area contributed by atoms with Crippen molar-refractivity contribution in [1.82, 2.24) is 10.2 Å². The van der Waals surface area contributed by atoms with E-state index in [2.05, 4.69) is 31.1 Å². The van der Waals surface area contributed by atoms with Gasteiger partial charge in [0.05, 0.1) is 0 Å². The second-order valence-corrected chi connectivity index (χ2v) is 4.52. The standard InChI is InChI=1S/C12H27N3O/c1-11(2)15(3)10-9-14-12(16)7-5-4-6-8-13/h11H,4-10,13H2,1-3H3,(H,14,16). The molecule has 3 N–H and O–H groups in total. The van der Waals surface area contributed by atoms with Gasteiger partial charge in [-0.25, -0.2) is 0 Å². The third-order valence-corrected chi connectivity index (χ3v) is 2.78. The fraction of sp³-hybridized carbons (Fsp3) is 0.917. The number of rotatable bonds is 9. The Hall–Kier alpha value is -0.610. The highest BCUT2D eigenvalue weighted by Crippen LogP contribution is 1.98. The Morgan fingerprint density at radius 2 is 2.00 bits per heavy atom. The average molecular weight is 229 g/mol. The Morgan fingerprint density at radius 1 is 1.31 bits per heavy atom. The van der Waals surface area contributed by atoms with E-state index in [1.54, 1.807) is 0 Å². The zero-order valence-corrected chi connectivity index (χ0v) is 11.0. The molecule has 4 heteroatoms. The smallest absolute Gasteiger partial charge is 0.220 e. The van der Waals surface area contributed by atoms with Gasteiger partial charge in [-0.2, -0.15) is 0 Å². The third-order valence-electron chi connectivity index (χ3n) is 2.78. The summed E-state index contributed by atoms with van der Waals surface area (Å²) in [5, 5.41) is 2.93. The number of nitrogens with zero attached hydrogens (tertiary/aromatic N) is 1. The summed E-state index contributed by atoms with van der Waals surface area (Å²) in [6, 6.07) is 0.529. The molecule has 96 valence electrons. The zero-order valence-electron chi connectivity index (χ0n) is 11.0. The maximum absolute atomic E-state index is 11.4. The number of carbonyl (C=O) groups is 1. The number of hydrogen-bond donors (Lipinski definition) is 2. The van der Waals surface area contributed by atoms with Gasteiger partial charge in [0.15, 0.2) is 0 Å². The van der Waals surface area contributed by atoms with Crippen LogP contribution in [0.3, 0.4) is 0 Å². The first-order valence-corrected chi connectivity index (χ1v) is 6.25. The molecule has 1 amide bonds. The van der Waals surface area contributed by atoms with Crippen LogP contribution in [0.5, 0.6) is 0 Å². The summed E-state index contributed by atoms with van der Waals surface area (Å²) >= 11 is 0. The summed E-state index contributed by atoms with van der Waals surface area (Å²) in [4.78, 5) is 13.6. The maximum Gasteiger partial charge on any atom is 0.220 e. The Balaban J connectivity index is 3.37. The molecule has 0 aliphatic carbocycles. The second kappa shape index (κ2) is 9.60. The van der Waals surface area contributed by atoms with Gasteiger partial charge in [-0.1, -0.05) is 6.42 Å². The summed E-state index contributed by atoms with van der Waals surface area (Å²) in [5.74, 6) is 0.161. The lowest BCUT2D eigenvalue weighted by atomic mass is 10.2. The number of carbonyl (C=O) groups excluding carboxylic acids is 1. The van der Waals surface area contributed by atoms with Crippen LogP contribution in [-0.4, -0.2) is 43.5 Å². The van der Waals surface area contributed by atoms with Crippen LogP contribution in [0.1, 0.15) is 39.5 Å². The van der Waals surface area contributed by atoms with Crippen LogP contribution in [0.2, 0.25) is 0 Å². The van der Waals surface area contributed by atoms with Crippen LogP contribution in [0, 0.1) is 0 Å². The van der Waals surface area contributed by atoms with Crippen LogP contribution in [0.4, 0.5) is 0 Å². The van der Waals surface area contributed by atoms with Crippen LogP contribution in [-0.2, 0) is 4.79 Å². The van der Waals surface area contributed by atoms with Gasteiger partial charge >= 0.3 is 0 Å². The number of amides is 1. The molecule has 0 aromatic rings. The normalized spacial score (nSPS) is 11.1. The SMILES string of the molecule is CC(C)N(C)CCNC(=O)CCCCCN. The topological polar surface area (TPSA) is 58.4 Å². The van der Waals surface area contributed by atoms with E-state index < -0.39 is 0 Å². The van der Waals surface area contributed by atoms with Crippen molar-refractivity contribution in [3.05, 3.63) is 0 Å². The zero-order chi connectivity index (χ0) is 12.4. The van der Waals surface area contributed by atoms with Gasteiger partial charge in [-0.15, -0.1) is 0 Å². The molecule has 0 saturated carbocycles. The summed E-state index contributed by atoms with van der Waals surface area (Å²) in [5.41, 5.74) is 5.38. The minimum atomic E-state index is 0.161. The molecule has 0 aliphatic rings. The monoisotopic (exact) mass is 229 g/mol. The van der Waals surface area contributed by atoms with Gasteiger partial charge in [-0.3, -0.25) is 4.79 Å². The number of hydrogen-bond acceptors (Lipinski definition) is 3. The highest BCUT2D eigenvalue weighted by atomic mass is 16.1. The van der Waals surface area contributed by atoms with Crippen molar-refractivity contribution in [3.8, 4) is 0 Å². The predicted octanol–water partition coefficient (Wildman–Crippen LogP) is 0.962. The van der Waals surface area contributed by atoms with E-state index in [1.165, 1.54) is 0 Å². The van der Waals surface area contributed by atoms with Crippen molar-refractivity contribution in [3.63, 3.8) is 0 Å². The quantitative estimate of drug-likeness (QED) is 0.579. The van der Waals surface area contributed by atoms with Crippen molar-refractivity contribution >= 4 is 5.91 Å². The van der Waals surface area contributed by atoms with E-state index in [1.807, 2.05) is 0 Å². The lowest BCUT2D eigenvalue weighted by Gasteiger charge is -2.20. The Bertz CT molecular complexity index is 183. The summed E-state index contributed by atoms with van der Waals surface area (Å²) < 4.78 is 0. The molecule has 0 unspecified atom stereocenters. The van der Waals surface area contributed by atoms with Crippen molar-refractivity contribution in [1.29, 1.82) is 0 Å². The van der Waals surface area contributed by atoms with E-state index in [4.69, 9.17) is 5.73 Å². The van der Waals surface area contributed by atoms with Gasteiger partial charge in [0, 0.05) is 25.6 Å². The summed E-state index contributed by atoms with van der Waals surface area (Å²) in [6.07, 6.45) is 3.65. The average Bonchev–Trinajstić information content (AvgIpc) is 2.24. The molecule has 0 rings (SSSR count). The van der Waals surface area contributed by atoms with Gasteiger partial charge in [0.1, 0.15) is 0 Å². The fourth-order valence-electron chi connectivity index (χ4n) is 1.32. The molecule has 0 heterocycles. The van der Waals surface area contributed by atoms with Crippen LogP contribution in [0.15, 0.2) is 0 Å². The molecule has 0 fully saturated rings. The van der Waals surface area contributed by atoms with Gasteiger partial charge in [0.25, 0.3) is 0 Å². The molecule has 0 aliphatic heterocycles. The molecule has 0 aromatic carbocycles. The molecule has 0 saturated heterocycles. The van der Waals surface area contributed by atoms with Gasteiger partial charge < -0.3 is 16.0 Å². The number of nitrogens with one attached hydrogen (secondary N) is 1. The van der Waals surface area contributed by atoms with Crippen LogP contribution >= 0.6 is 0 Å². The predicted molar refractivity (Wildman–Crippen MR) is 68.3 cm³/mol. The van der Waals surface area contributed by atoms with E-state index >= 15 is 0 Å². The van der Waals surface area contributed by atoms with E-state index in [9.17, 15) is 4.79 Å². The van der Waals surface area contributed by atoms with Crippen molar-refractivity contribution in [2.75, 3.05) is 26.7 Å². The number of unbranched alkanes of at least 4 members (excludes halogenated alkanes) is 2. The Morgan fingerprint density at radius 3 is 2.56 bits per heavy atom. The molecule has 0 atom stereocenters.